The Bertz CT molecular complexity index is 584. The minimum absolute atomic E-state index is 0.0663. The minimum Gasteiger partial charge on any atom is -0.355 e. The van der Waals surface area contributed by atoms with Crippen LogP contribution in [0.5, 0.6) is 0 Å². The second kappa shape index (κ2) is 8.69. The van der Waals surface area contributed by atoms with Crippen LogP contribution in [-0.4, -0.2) is 18.2 Å². The molecule has 0 saturated heterocycles. The number of amides is 1. The van der Waals surface area contributed by atoms with Gasteiger partial charge in [0.25, 0.3) is 0 Å². The Morgan fingerprint density at radius 1 is 1.14 bits per heavy atom. The number of thiophene rings is 1. The lowest BCUT2D eigenvalue weighted by molar-refractivity contribution is -0.118. The summed E-state index contributed by atoms with van der Waals surface area (Å²) >= 11 is 14.8. The smallest absolute Gasteiger partial charge is 0.230 e. The van der Waals surface area contributed by atoms with Gasteiger partial charge in [-0.25, -0.2) is 0 Å². The van der Waals surface area contributed by atoms with E-state index in [1.165, 1.54) is 10.4 Å². The van der Waals surface area contributed by atoms with E-state index >= 15 is 0 Å². The third-order valence-corrected chi connectivity index (χ3v) is 5.40. The van der Waals surface area contributed by atoms with Gasteiger partial charge in [-0.05, 0) is 36.2 Å². The van der Waals surface area contributed by atoms with Gasteiger partial charge in [0.15, 0.2) is 0 Å². The molecule has 1 N–H and O–H groups in total. The first-order valence-electron chi connectivity index (χ1n) is 6.46. The molecule has 2 aromatic rings. The summed E-state index contributed by atoms with van der Waals surface area (Å²) in [5.74, 6) is 1.36. The first-order valence-corrected chi connectivity index (χ1v) is 9.19. The lowest BCUT2D eigenvalue weighted by atomic mass is 10.1. The average molecular weight is 360 g/mol. The van der Waals surface area contributed by atoms with Gasteiger partial charge in [-0.15, -0.1) is 23.1 Å². The maximum absolute atomic E-state index is 11.7. The Labute approximate surface area is 142 Å². The predicted octanol–water partition coefficient (Wildman–Crippen LogP) is 4.65. The lowest BCUT2D eigenvalue weighted by Gasteiger charge is -2.05. The number of carbonyl (C=O) groups excluding carboxylic acids is 1. The highest BCUT2D eigenvalue weighted by atomic mass is 35.5. The zero-order valence-corrected chi connectivity index (χ0v) is 14.4. The number of nitrogens with one attached hydrogen (secondary N) is 1. The molecule has 0 fully saturated rings. The van der Waals surface area contributed by atoms with Crippen LogP contribution in [0.4, 0.5) is 0 Å². The Morgan fingerprint density at radius 3 is 2.57 bits per heavy atom. The number of carbonyl (C=O) groups is 1. The van der Waals surface area contributed by atoms with Gasteiger partial charge < -0.3 is 5.32 Å². The zero-order chi connectivity index (χ0) is 15.1. The largest absolute Gasteiger partial charge is 0.355 e. The topological polar surface area (TPSA) is 29.1 Å². The quantitative estimate of drug-likeness (QED) is 0.779. The minimum atomic E-state index is 0.0663. The van der Waals surface area contributed by atoms with Crippen molar-refractivity contribution in [2.75, 3.05) is 12.3 Å². The number of hydrogen-bond donors (Lipinski definition) is 1. The van der Waals surface area contributed by atoms with E-state index in [2.05, 4.69) is 5.32 Å². The number of benzene rings is 1. The Balaban J connectivity index is 1.60. The summed E-state index contributed by atoms with van der Waals surface area (Å²) in [6.07, 6.45) is 0.814. The molecule has 2 nitrogen and oxygen atoms in total. The molecule has 112 valence electrons. The van der Waals surface area contributed by atoms with Crippen molar-refractivity contribution in [1.29, 1.82) is 0 Å². The molecule has 1 aromatic heterocycles. The fourth-order valence-corrected chi connectivity index (χ4v) is 3.90. The molecule has 0 aliphatic heterocycles. The fourth-order valence-electron chi connectivity index (χ4n) is 1.72. The number of rotatable bonds is 7. The molecule has 0 aliphatic carbocycles. The van der Waals surface area contributed by atoms with E-state index in [9.17, 15) is 4.79 Å². The summed E-state index contributed by atoms with van der Waals surface area (Å²) < 4.78 is 0.790. The van der Waals surface area contributed by atoms with Gasteiger partial charge in [0.2, 0.25) is 5.91 Å². The summed E-state index contributed by atoms with van der Waals surface area (Å²) in [5.41, 5.74) is 1.17. The number of thioether (sulfide) groups is 1. The molecule has 0 unspecified atom stereocenters. The van der Waals surface area contributed by atoms with Crippen LogP contribution in [0.2, 0.25) is 9.36 Å². The van der Waals surface area contributed by atoms with E-state index < -0.39 is 0 Å². The van der Waals surface area contributed by atoms with Crippen molar-refractivity contribution in [1.82, 2.24) is 5.32 Å². The van der Waals surface area contributed by atoms with Crippen LogP contribution < -0.4 is 5.32 Å². The van der Waals surface area contributed by atoms with Crippen molar-refractivity contribution in [3.63, 3.8) is 0 Å². The molecule has 0 saturated carbocycles. The molecule has 1 heterocycles. The van der Waals surface area contributed by atoms with Crippen LogP contribution >= 0.6 is 46.3 Å². The molecule has 2 rings (SSSR count). The van der Waals surface area contributed by atoms with Gasteiger partial charge in [0, 0.05) is 22.2 Å². The van der Waals surface area contributed by atoms with Crippen molar-refractivity contribution in [3.05, 3.63) is 56.2 Å². The van der Waals surface area contributed by atoms with Crippen molar-refractivity contribution >= 4 is 52.2 Å². The van der Waals surface area contributed by atoms with Gasteiger partial charge in [0.05, 0.1) is 10.1 Å². The first-order chi connectivity index (χ1) is 10.1. The Morgan fingerprint density at radius 2 is 1.90 bits per heavy atom. The van der Waals surface area contributed by atoms with Crippen LogP contribution in [-0.2, 0) is 17.0 Å². The van der Waals surface area contributed by atoms with Gasteiger partial charge in [0.1, 0.15) is 0 Å². The monoisotopic (exact) mass is 359 g/mol. The van der Waals surface area contributed by atoms with Crippen LogP contribution in [0, 0.1) is 0 Å². The van der Waals surface area contributed by atoms with E-state index in [-0.39, 0.29) is 5.91 Å². The number of hydrogen-bond acceptors (Lipinski definition) is 3. The summed E-state index contributed by atoms with van der Waals surface area (Å²) in [6, 6.07) is 11.6. The van der Waals surface area contributed by atoms with E-state index in [4.69, 9.17) is 23.2 Å². The van der Waals surface area contributed by atoms with E-state index in [1.807, 2.05) is 36.4 Å². The summed E-state index contributed by atoms with van der Waals surface area (Å²) in [5, 5.41) is 3.65. The molecule has 1 amide bonds. The van der Waals surface area contributed by atoms with E-state index in [0.717, 1.165) is 21.5 Å². The molecule has 0 bridgehead atoms. The zero-order valence-electron chi connectivity index (χ0n) is 11.3. The summed E-state index contributed by atoms with van der Waals surface area (Å²) in [7, 11) is 0. The molecule has 0 aliphatic rings. The first kappa shape index (κ1) is 16.7. The van der Waals surface area contributed by atoms with Crippen LogP contribution in [0.1, 0.15) is 10.4 Å². The molecule has 0 radical (unpaired) electrons. The fraction of sp³-hybridized carbons (Fsp3) is 0.267. The summed E-state index contributed by atoms with van der Waals surface area (Å²) in [4.78, 5) is 12.9. The van der Waals surface area contributed by atoms with Crippen molar-refractivity contribution in [2.24, 2.45) is 0 Å². The number of halogens is 2. The van der Waals surface area contributed by atoms with Gasteiger partial charge in [-0.1, -0.05) is 35.3 Å². The third kappa shape index (κ3) is 6.30. The lowest BCUT2D eigenvalue weighted by Crippen LogP contribution is -2.27. The van der Waals surface area contributed by atoms with Crippen LogP contribution in [0.3, 0.4) is 0 Å². The van der Waals surface area contributed by atoms with E-state index in [1.54, 1.807) is 23.1 Å². The van der Waals surface area contributed by atoms with Crippen LogP contribution in [0.15, 0.2) is 36.4 Å². The second-order valence-electron chi connectivity index (χ2n) is 4.43. The van der Waals surface area contributed by atoms with Crippen molar-refractivity contribution < 1.29 is 4.79 Å². The third-order valence-electron chi connectivity index (χ3n) is 2.76. The summed E-state index contributed by atoms with van der Waals surface area (Å²) in [6.45, 7) is 0.645. The van der Waals surface area contributed by atoms with Gasteiger partial charge in [-0.3, -0.25) is 4.79 Å². The molecular formula is C15H15Cl2NOS2. The van der Waals surface area contributed by atoms with Crippen molar-refractivity contribution in [2.45, 2.75) is 12.2 Å². The maximum atomic E-state index is 11.7. The second-order valence-corrected chi connectivity index (χ2v) is 7.65. The van der Waals surface area contributed by atoms with Gasteiger partial charge in [-0.2, -0.15) is 0 Å². The SMILES string of the molecule is O=C(CSCc1ccc(Cl)s1)NCCc1ccc(Cl)cc1. The molecule has 0 atom stereocenters. The van der Waals surface area contributed by atoms with Crippen molar-refractivity contribution in [3.8, 4) is 0 Å². The highest BCUT2D eigenvalue weighted by Gasteiger charge is 2.03. The molecule has 1 aromatic carbocycles. The van der Waals surface area contributed by atoms with E-state index in [0.29, 0.717) is 12.3 Å². The Kier molecular flexibility index (Phi) is 6.90. The normalized spacial score (nSPS) is 10.6. The predicted molar refractivity (Wildman–Crippen MR) is 93.7 cm³/mol. The molecule has 21 heavy (non-hydrogen) atoms. The standard InChI is InChI=1S/C15H15Cl2NOS2/c16-12-3-1-11(2-4-12)7-8-18-15(19)10-20-9-13-5-6-14(17)21-13/h1-6H,7-10H2,(H,18,19). The molecular weight excluding hydrogens is 345 g/mol. The molecule has 6 heteroatoms. The highest BCUT2D eigenvalue weighted by molar-refractivity contribution is 7.99. The Hall–Kier alpha value is -0.680. The van der Waals surface area contributed by atoms with Crippen LogP contribution in [0.25, 0.3) is 0 Å². The van der Waals surface area contributed by atoms with Gasteiger partial charge >= 0.3 is 0 Å². The average Bonchev–Trinajstić information content (AvgIpc) is 2.87. The molecule has 0 spiro atoms. The highest BCUT2D eigenvalue weighted by Crippen LogP contribution is 2.24. The maximum Gasteiger partial charge on any atom is 0.230 e.